The molecule has 3 nitrogen and oxygen atoms in total. The minimum Gasteiger partial charge on any atom is -0.379 e. The summed E-state index contributed by atoms with van der Waals surface area (Å²) in [5.41, 5.74) is 3.03. The van der Waals surface area contributed by atoms with Crippen LogP contribution in [-0.2, 0) is 10.2 Å². The van der Waals surface area contributed by atoms with E-state index in [1.165, 1.54) is 11.1 Å². The third-order valence-electron chi connectivity index (χ3n) is 4.45. The second-order valence-corrected chi connectivity index (χ2v) is 5.73. The van der Waals surface area contributed by atoms with Gasteiger partial charge in [-0.05, 0) is 25.1 Å². The Morgan fingerprint density at radius 1 is 1.33 bits per heavy atom. The van der Waals surface area contributed by atoms with Crippen molar-refractivity contribution in [3.05, 3.63) is 35.4 Å². The first-order valence-corrected chi connectivity index (χ1v) is 6.78. The molecule has 0 aromatic heterocycles. The first-order chi connectivity index (χ1) is 8.72. The zero-order valence-corrected chi connectivity index (χ0v) is 11.3. The minimum atomic E-state index is 0.181. The number of nitrogens with zero attached hydrogens (tertiary/aromatic N) is 1. The molecule has 2 aliphatic heterocycles. The summed E-state index contributed by atoms with van der Waals surface area (Å²) >= 11 is 0. The molecule has 1 atom stereocenters. The van der Waals surface area contributed by atoms with Gasteiger partial charge in [-0.15, -0.1) is 0 Å². The topological polar surface area (TPSA) is 24.5 Å². The van der Waals surface area contributed by atoms with E-state index in [-0.39, 0.29) is 5.41 Å². The Labute approximate surface area is 109 Å². The van der Waals surface area contributed by atoms with Crippen molar-refractivity contribution in [3.63, 3.8) is 0 Å². The molecule has 1 aromatic carbocycles. The standard InChI is InChI=1S/C15H22N2O/c1-12-5-3-4-6-13(12)15(10-18-11-15)14-9-17(2)8-7-16-14/h3-6,14,16H,7-11H2,1-2H3. The Kier molecular flexibility index (Phi) is 3.14. The Morgan fingerprint density at radius 2 is 2.11 bits per heavy atom. The van der Waals surface area contributed by atoms with Crippen molar-refractivity contribution >= 4 is 0 Å². The zero-order valence-electron chi connectivity index (χ0n) is 11.3. The van der Waals surface area contributed by atoms with Crippen molar-refractivity contribution in [3.8, 4) is 0 Å². The predicted octanol–water partition coefficient (Wildman–Crippen LogP) is 1.17. The monoisotopic (exact) mass is 246 g/mol. The number of rotatable bonds is 2. The molecular formula is C15H22N2O. The fraction of sp³-hybridized carbons (Fsp3) is 0.600. The average molecular weight is 246 g/mol. The van der Waals surface area contributed by atoms with Gasteiger partial charge < -0.3 is 15.0 Å². The molecule has 0 radical (unpaired) electrons. The van der Waals surface area contributed by atoms with Gasteiger partial charge in [-0.25, -0.2) is 0 Å². The molecule has 2 saturated heterocycles. The highest BCUT2D eigenvalue weighted by molar-refractivity contribution is 5.37. The molecule has 0 saturated carbocycles. The predicted molar refractivity (Wildman–Crippen MR) is 73.0 cm³/mol. The van der Waals surface area contributed by atoms with Crippen LogP contribution in [0.25, 0.3) is 0 Å². The van der Waals surface area contributed by atoms with E-state index >= 15 is 0 Å². The van der Waals surface area contributed by atoms with Gasteiger partial charge in [0.2, 0.25) is 0 Å². The van der Waals surface area contributed by atoms with Gasteiger partial charge in [0, 0.05) is 25.7 Å². The molecule has 0 aliphatic carbocycles. The normalized spacial score (nSPS) is 27.8. The zero-order chi connectivity index (χ0) is 12.6. The van der Waals surface area contributed by atoms with Crippen LogP contribution < -0.4 is 5.32 Å². The van der Waals surface area contributed by atoms with E-state index in [1.807, 2.05) is 0 Å². The highest BCUT2D eigenvalue weighted by atomic mass is 16.5. The summed E-state index contributed by atoms with van der Waals surface area (Å²) in [5.74, 6) is 0. The molecule has 0 bridgehead atoms. The van der Waals surface area contributed by atoms with E-state index < -0.39 is 0 Å². The first kappa shape index (κ1) is 12.2. The Bertz CT molecular complexity index is 428. The molecule has 2 fully saturated rings. The lowest BCUT2D eigenvalue weighted by atomic mass is 9.70. The van der Waals surface area contributed by atoms with Gasteiger partial charge in [0.1, 0.15) is 0 Å². The summed E-state index contributed by atoms with van der Waals surface area (Å²) in [4.78, 5) is 2.42. The molecule has 3 rings (SSSR count). The first-order valence-electron chi connectivity index (χ1n) is 6.78. The van der Waals surface area contributed by atoms with Crippen LogP contribution in [0, 0.1) is 6.92 Å². The number of benzene rings is 1. The Hall–Kier alpha value is -0.900. The number of hydrogen-bond acceptors (Lipinski definition) is 3. The maximum Gasteiger partial charge on any atom is 0.0601 e. The summed E-state index contributed by atoms with van der Waals surface area (Å²) in [6.45, 7) is 7.24. The number of aryl methyl sites for hydroxylation is 1. The number of ether oxygens (including phenoxy) is 1. The van der Waals surface area contributed by atoms with Gasteiger partial charge in [0.25, 0.3) is 0 Å². The van der Waals surface area contributed by atoms with E-state index in [9.17, 15) is 0 Å². The van der Waals surface area contributed by atoms with Gasteiger partial charge in [0.05, 0.1) is 18.6 Å². The number of likely N-dealkylation sites (N-methyl/N-ethyl adjacent to an activating group) is 1. The van der Waals surface area contributed by atoms with E-state index in [0.717, 1.165) is 32.8 Å². The maximum atomic E-state index is 5.58. The Morgan fingerprint density at radius 3 is 2.72 bits per heavy atom. The van der Waals surface area contributed by atoms with E-state index in [0.29, 0.717) is 6.04 Å². The molecular weight excluding hydrogens is 224 g/mol. The summed E-state index contributed by atoms with van der Waals surface area (Å²) in [7, 11) is 2.21. The molecule has 2 heterocycles. The van der Waals surface area contributed by atoms with Crippen LogP contribution in [0.5, 0.6) is 0 Å². The van der Waals surface area contributed by atoms with E-state index in [1.54, 1.807) is 0 Å². The molecule has 0 amide bonds. The highest BCUT2D eigenvalue weighted by Crippen LogP contribution is 2.38. The molecule has 3 heteroatoms. The van der Waals surface area contributed by atoms with Gasteiger partial charge in [0.15, 0.2) is 0 Å². The maximum absolute atomic E-state index is 5.58. The molecule has 1 unspecified atom stereocenters. The molecule has 18 heavy (non-hydrogen) atoms. The van der Waals surface area contributed by atoms with Crippen molar-refractivity contribution < 1.29 is 4.74 Å². The average Bonchev–Trinajstić information content (AvgIpc) is 2.30. The van der Waals surface area contributed by atoms with Crippen molar-refractivity contribution in [2.24, 2.45) is 0 Å². The third kappa shape index (κ3) is 1.87. The van der Waals surface area contributed by atoms with E-state index in [4.69, 9.17) is 4.74 Å². The van der Waals surface area contributed by atoms with Gasteiger partial charge >= 0.3 is 0 Å². The largest absolute Gasteiger partial charge is 0.379 e. The van der Waals surface area contributed by atoms with Crippen LogP contribution in [0.4, 0.5) is 0 Å². The lowest BCUT2D eigenvalue weighted by molar-refractivity contribution is -0.0868. The number of nitrogens with one attached hydrogen (secondary N) is 1. The summed E-state index contributed by atoms with van der Waals surface area (Å²) < 4.78 is 5.58. The number of piperazine rings is 1. The summed E-state index contributed by atoms with van der Waals surface area (Å²) in [5, 5.41) is 3.70. The SMILES string of the molecule is Cc1ccccc1C1(C2CN(C)CCN2)COC1. The van der Waals surface area contributed by atoms with Crippen LogP contribution >= 0.6 is 0 Å². The molecule has 1 N–H and O–H groups in total. The van der Waals surface area contributed by atoms with Gasteiger partial charge in [-0.1, -0.05) is 24.3 Å². The van der Waals surface area contributed by atoms with E-state index in [2.05, 4.69) is 48.5 Å². The molecule has 98 valence electrons. The second kappa shape index (κ2) is 4.65. The Balaban J connectivity index is 1.92. The highest BCUT2D eigenvalue weighted by Gasteiger charge is 2.48. The van der Waals surface area contributed by atoms with Crippen LogP contribution in [-0.4, -0.2) is 50.8 Å². The van der Waals surface area contributed by atoms with Crippen molar-refractivity contribution in [1.82, 2.24) is 10.2 Å². The smallest absolute Gasteiger partial charge is 0.0601 e. The fourth-order valence-corrected chi connectivity index (χ4v) is 3.27. The van der Waals surface area contributed by atoms with Gasteiger partial charge in [-0.2, -0.15) is 0 Å². The fourth-order valence-electron chi connectivity index (χ4n) is 3.27. The second-order valence-electron chi connectivity index (χ2n) is 5.73. The minimum absolute atomic E-state index is 0.181. The van der Waals surface area contributed by atoms with Crippen LogP contribution in [0.15, 0.2) is 24.3 Å². The summed E-state index contributed by atoms with van der Waals surface area (Å²) in [6.07, 6.45) is 0. The van der Waals surface area contributed by atoms with Crippen molar-refractivity contribution in [2.45, 2.75) is 18.4 Å². The van der Waals surface area contributed by atoms with Crippen LogP contribution in [0.2, 0.25) is 0 Å². The van der Waals surface area contributed by atoms with Crippen LogP contribution in [0.3, 0.4) is 0 Å². The lowest BCUT2D eigenvalue weighted by Crippen LogP contribution is -2.66. The molecule has 0 spiro atoms. The van der Waals surface area contributed by atoms with Gasteiger partial charge in [-0.3, -0.25) is 0 Å². The third-order valence-corrected chi connectivity index (χ3v) is 4.45. The quantitative estimate of drug-likeness (QED) is 0.847. The summed E-state index contributed by atoms with van der Waals surface area (Å²) in [6, 6.07) is 9.25. The lowest BCUT2D eigenvalue weighted by Gasteiger charge is -2.51. The molecule has 2 aliphatic rings. The molecule has 1 aromatic rings. The van der Waals surface area contributed by atoms with Crippen molar-refractivity contribution in [1.29, 1.82) is 0 Å². The number of hydrogen-bond donors (Lipinski definition) is 1. The van der Waals surface area contributed by atoms with Crippen LogP contribution in [0.1, 0.15) is 11.1 Å². The van der Waals surface area contributed by atoms with Crippen molar-refractivity contribution in [2.75, 3.05) is 39.9 Å².